The Labute approximate surface area is 141 Å². The fraction of sp³-hybridized carbons (Fsp3) is 0. The molecule has 0 aliphatic rings. The number of benzene rings is 2. The van der Waals surface area contributed by atoms with Gasteiger partial charge in [-0.2, -0.15) is 0 Å². The molecule has 0 fully saturated rings. The third-order valence-corrected chi connectivity index (χ3v) is 5.38. The zero-order chi connectivity index (χ0) is 16.1. The normalized spacial score (nSPS) is 11.5. The molecule has 0 amide bonds. The highest BCUT2D eigenvalue weighted by Crippen LogP contribution is 2.34. The van der Waals surface area contributed by atoms with Gasteiger partial charge in [0.15, 0.2) is 5.43 Å². The van der Waals surface area contributed by atoms with Crippen LogP contribution in [0, 0.1) is 0 Å². The first-order chi connectivity index (χ1) is 11.8. The van der Waals surface area contributed by atoms with Crippen LogP contribution in [0.15, 0.2) is 77.7 Å². The highest BCUT2D eigenvalue weighted by Gasteiger charge is 2.17. The van der Waals surface area contributed by atoms with Crippen molar-refractivity contribution >= 4 is 42.7 Å². The van der Waals surface area contributed by atoms with E-state index in [9.17, 15) is 4.79 Å². The molecule has 0 aliphatic heterocycles. The Morgan fingerprint density at radius 1 is 0.833 bits per heavy atom. The molecule has 0 aliphatic carbocycles. The standard InChI is InChI=1S/C20H12N2OS/c23-18-15-10-6-12-21-19(15)24-20-17(18)14-9-4-5-11-16(14)22(20)13-7-2-1-3-8-13/h1-12H. The van der Waals surface area contributed by atoms with Gasteiger partial charge in [0.2, 0.25) is 0 Å². The number of hydrogen-bond acceptors (Lipinski definition) is 3. The highest BCUT2D eigenvalue weighted by atomic mass is 32.1. The summed E-state index contributed by atoms with van der Waals surface area (Å²) in [5, 5.41) is 2.45. The van der Waals surface area contributed by atoms with Crippen LogP contribution < -0.4 is 5.43 Å². The first kappa shape index (κ1) is 13.5. The highest BCUT2D eigenvalue weighted by molar-refractivity contribution is 7.24. The Bertz CT molecular complexity index is 1270. The number of hydrogen-bond donors (Lipinski definition) is 0. The quantitative estimate of drug-likeness (QED) is 0.445. The molecule has 4 heteroatoms. The van der Waals surface area contributed by atoms with Gasteiger partial charge in [-0.3, -0.25) is 4.79 Å². The van der Waals surface area contributed by atoms with E-state index >= 15 is 0 Å². The van der Waals surface area contributed by atoms with E-state index < -0.39 is 0 Å². The van der Waals surface area contributed by atoms with Gasteiger partial charge < -0.3 is 4.57 Å². The molecular formula is C20H12N2OS. The van der Waals surface area contributed by atoms with Crippen molar-refractivity contribution in [2.45, 2.75) is 0 Å². The molecule has 5 rings (SSSR count). The van der Waals surface area contributed by atoms with E-state index in [-0.39, 0.29) is 5.43 Å². The summed E-state index contributed by atoms with van der Waals surface area (Å²) in [4.78, 5) is 19.2. The van der Waals surface area contributed by atoms with Gasteiger partial charge in [0.05, 0.1) is 16.3 Å². The van der Waals surface area contributed by atoms with Gasteiger partial charge in [-0.1, -0.05) is 47.7 Å². The molecule has 3 aromatic heterocycles. The second-order valence-electron chi connectivity index (χ2n) is 5.66. The first-order valence-electron chi connectivity index (χ1n) is 7.71. The number of nitrogens with zero attached hydrogens (tertiary/aromatic N) is 2. The molecule has 0 radical (unpaired) electrons. The van der Waals surface area contributed by atoms with Crippen molar-refractivity contribution in [3.05, 3.63) is 83.2 Å². The Kier molecular flexibility index (Phi) is 2.81. The Balaban J connectivity index is 2.10. The van der Waals surface area contributed by atoms with Crippen molar-refractivity contribution in [2.75, 3.05) is 0 Å². The predicted molar refractivity (Wildman–Crippen MR) is 100 cm³/mol. The zero-order valence-electron chi connectivity index (χ0n) is 12.6. The van der Waals surface area contributed by atoms with Crippen LogP contribution in [0.4, 0.5) is 0 Å². The van der Waals surface area contributed by atoms with Crippen molar-refractivity contribution in [1.82, 2.24) is 9.55 Å². The maximum Gasteiger partial charge on any atom is 0.199 e. The number of pyridine rings is 1. The summed E-state index contributed by atoms with van der Waals surface area (Å²) in [7, 11) is 0. The summed E-state index contributed by atoms with van der Waals surface area (Å²) in [6.45, 7) is 0. The molecular weight excluding hydrogens is 316 g/mol. The Morgan fingerprint density at radius 3 is 2.46 bits per heavy atom. The van der Waals surface area contributed by atoms with Crippen molar-refractivity contribution in [3.8, 4) is 5.69 Å². The molecule has 2 aromatic carbocycles. The summed E-state index contributed by atoms with van der Waals surface area (Å²) >= 11 is 1.56. The van der Waals surface area contributed by atoms with Gasteiger partial charge in [-0.15, -0.1) is 0 Å². The van der Waals surface area contributed by atoms with Gasteiger partial charge in [0.1, 0.15) is 9.66 Å². The molecule has 0 spiro atoms. The van der Waals surface area contributed by atoms with Crippen LogP contribution in [0.25, 0.3) is 37.0 Å². The fourth-order valence-electron chi connectivity index (χ4n) is 3.24. The molecule has 0 N–H and O–H groups in total. The Hall–Kier alpha value is -2.98. The number of para-hydroxylation sites is 2. The molecule has 3 heterocycles. The summed E-state index contributed by atoms with van der Waals surface area (Å²) in [6.07, 6.45) is 1.74. The monoisotopic (exact) mass is 328 g/mol. The van der Waals surface area contributed by atoms with E-state index in [1.165, 1.54) is 0 Å². The van der Waals surface area contributed by atoms with Crippen molar-refractivity contribution < 1.29 is 0 Å². The maximum atomic E-state index is 13.1. The van der Waals surface area contributed by atoms with E-state index in [4.69, 9.17) is 0 Å². The molecule has 114 valence electrons. The molecule has 0 atom stereocenters. The smallest absolute Gasteiger partial charge is 0.199 e. The second kappa shape index (κ2) is 5.01. The molecule has 0 saturated heterocycles. The fourth-order valence-corrected chi connectivity index (χ4v) is 4.40. The minimum absolute atomic E-state index is 0.0535. The molecule has 24 heavy (non-hydrogen) atoms. The SMILES string of the molecule is O=c1c2cccnc2sc2c1c1ccccc1n2-c1ccccc1. The van der Waals surface area contributed by atoms with E-state index in [1.54, 1.807) is 17.5 Å². The summed E-state index contributed by atoms with van der Waals surface area (Å²) < 4.78 is 2.16. The zero-order valence-corrected chi connectivity index (χ0v) is 13.5. The first-order valence-corrected chi connectivity index (χ1v) is 8.52. The number of fused-ring (bicyclic) bond motifs is 4. The molecule has 0 bridgehead atoms. The number of rotatable bonds is 1. The lowest BCUT2D eigenvalue weighted by atomic mass is 10.2. The predicted octanol–water partition coefficient (Wildman–Crippen LogP) is 4.75. The van der Waals surface area contributed by atoms with Gasteiger partial charge in [0.25, 0.3) is 0 Å². The molecule has 0 saturated carbocycles. The van der Waals surface area contributed by atoms with Gasteiger partial charge in [0, 0.05) is 17.3 Å². The summed E-state index contributed by atoms with van der Waals surface area (Å²) in [5.74, 6) is 0. The van der Waals surface area contributed by atoms with Crippen molar-refractivity contribution in [2.24, 2.45) is 0 Å². The van der Waals surface area contributed by atoms with Crippen LogP contribution in [0.2, 0.25) is 0 Å². The Morgan fingerprint density at radius 2 is 1.58 bits per heavy atom. The third kappa shape index (κ3) is 1.77. The largest absolute Gasteiger partial charge is 0.301 e. The van der Waals surface area contributed by atoms with Crippen molar-refractivity contribution in [1.29, 1.82) is 0 Å². The topological polar surface area (TPSA) is 34.9 Å². The van der Waals surface area contributed by atoms with E-state index in [1.807, 2.05) is 48.5 Å². The van der Waals surface area contributed by atoms with E-state index in [2.05, 4.69) is 27.8 Å². The lowest BCUT2D eigenvalue weighted by Crippen LogP contribution is -2.01. The van der Waals surface area contributed by atoms with Crippen LogP contribution in [0.3, 0.4) is 0 Å². The van der Waals surface area contributed by atoms with Crippen molar-refractivity contribution in [3.63, 3.8) is 0 Å². The average Bonchev–Trinajstić information content (AvgIpc) is 2.97. The average molecular weight is 328 g/mol. The van der Waals surface area contributed by atoms with Gasteiger partial charge >= 0.3 is 0 Å². The van der Waals surface area contributed by atoms with Crippen LogP contribution in [0.1, 0.15) is 0 Å². The van der Waals surface area contributed by atoms with Crippen LogP contribution in [-0.4, -0.2) is 9.55 Å². The lowest BCUT2D eigenvalue weighted by molar-refractivity contribution is 1.19. The second-order valence-corrected chi connectivity index (χ2v) is 6.63. The molecule has 0 unspecified atom stereocenters. The summed E-state index contributed by atoms with van der Waals surface area (Å²) in [5.41, 5.74) is 2.15. The van der Waals surface area contributed by atoms with E-state index in [0.717, 1.165) is 31.6 Å². The van der Waals surface area contributed by atoms with Crippen LogP contribution in [-0.2, 0) is 0 Å². The maximum absolute atomic E-state index is 13.1. The van der Waals surface area contributed by atoms with Gasteiger partial charge in [-0.05, 0) is 30.3 Å². The molecule has 3 nitrogen and oxygen atoms in total. The minimum atomic E-state index is 0.0535. The lowest BCUT2D eigenvalue weighted by Gasteiger charge is -2.06. The number of aromatic nitrogens is 2. The van der Waals surface area contributed by atoms with E-state index in [0.29, 0.717) is 5.39 Å². The van der Waals surface area contributed by atoms with Crippen LogP contribution in [0.5, 0.6) is 0 Å². The molecule has 5 aromatic rings. The van der Waals surface area contributed by atoms with Crippen LogP contribution >= 0.6 is 11.3 Å². The summed E-state index contributed by atoms with van der Waals surface area (Å²) in [6, 6.07) is 21.9. The minimum Gasteiger partial charge on any atom is -0.301 e. The van der Waals surface area contributed by atoms with Gasteiger partial charge in [-0.25, -0.2) is 4.98 Å². The third-order valence-electron chi connectivity index (χ3n) is 4.28.